The standard InChI is InChI=1S/C27H30Cl2N2O5S/c1-30(27(33)36-17-18-13-22(28)16-23(29)14-18)25-6-5-20-3-4-21(15-24(20)25)19-7-10-31(11-8-19)26(32)9-12-37(2,34)35/h3-4,7,13-16,25H,5-6,8-12,17H2,1-2H3. The van der Waals surface area contributed by atoms with Crippen molar-refractivity contribution < 1.29 is 22.7 Å². The van der Waals surface area contributed by atoms with Gasteiger partial charge in [0, 0.05) is 42.9 Å². The predicted octanol–water partition coefficient (Wildman–Crippen LogP) is 5.30. The maximum absolute atomic E-state index is 12.8. The maximum atomic E-state index is 12.8. The number of benzene rings is 2. The van der Waals surface area contributed by atoms with Gasteiger partial charge in [-0.15, -0.1) is 0 Å². The van der Waals surface area contributed by atoms with Gasteiger partial charge >= 0.3 is 6.09 Å². The Morgan fingerprint density at radius 3 is 2.49 bits per heavy atom. The highest BCUT2D eigenvalue weighted by Crippen LogP contribution is 2.38. The van der Waals surface area contributed by atoms with E-state index >= 15 is 0 Å². The van der Waals surface area contributed by atoms with Crippen LogP contribution in [-0.2, 0) is 32.4 Å². The number of carbonyl (C=O) groups is 2. The number of carbonyl (C=O) groups excluding carboxylic acids is 2. The second-order valence-corrected chi connectivity index (χ2v) is 12.7. The van der Waals surface area contributed by atoms with Crippen LogP contribution in [0.1, 0.15) is 47.6 Å². The van der Waals surface area contributed by atoms with Crippen LogP contribution in [0.3, 0.4) is 0 Å². The molecule has 0 saturated carbocycles. The highest BCUT2D eigenvalue weighted by atomic mass is 35.5. The minimum Gasteiger partial charge on any atom is -0.445 e. The lowest BCUT2D eigenvalue weighted by atomic mass is 9.95. The molecule has 37 heavy (non-hydrogen) atoms. The quantitative estimate of drug-likeness (QED) is 0.455. The van der Waals surface area contributed by atoms with E-state index in [0.717, 1.165) is 41.4 Å². The Balaban J connectivity index is 1.40. The summed E-state index contributed by atoms with van der Waals surface area (Å²) in [5.74, 6) is -0.275. The van der Waals surface area contributed by atoms with Crippen LogP contribution in [0.5, 0.6) is 0 Å². The molecule has 2 aliphatic rings. The van der Waals surface area contributed by atoms with Crippen molar-refractivity contribution in [2.75, 3.05) is 32.1 Å². The van der Waals surface area contributed by atoms with Gasteiger partial charge in [0.1, 0.15) is 16.4 Å². The van der Waals surface area contributed by atoms with Crippen molar-refractivity contribution in [1.29, 1.82) is 0 Å². The lowest BCUT2D eigenvalue weighted by Gasteiger charge is -2.28. The van der Waals surface area contributed by atoms with Crippen molar-refractivity contribution in [3.63, 3.8) is 0 Å². The molecule has 0 fully saturated rings. The average Bonchev–Trinajstić information content (AvgIpc) is 3.27. The third kappa shape index (κ3) is 7.06. The summed E-state index contributed by atoms with van der Waals surface area (Å²) in [5, 5.41) is 0.977. The Hall–Kier alpha value is -2.55. The van der Waals surface area contributed by atoms with Gasteiger partial charge in [0.25, 0.3) is 0 Å². The van der Waals surface area contributed by atoms with Gasteiger partial charge in [-0.2, -0.15) is 0 Å². The minimum atomic E-state index is -3.17. The lowest BCUT2D eigenvalue weighted by molar-refractivity contribution is -0.130. The summed E-state index contributed by atoms with van der Waals surface area (Å²) in [7, 11) is -1.42. The molecule has 0 aromatic heterocycles. The number of nitrogens with zero attached hydrogens (tertiary/aromatic N) is 2. The summed E-state index contributed by atoms with van der Waals surface area (Å²) in [6.45, 7) is 1.09. The third-order valence-corrected chi connectivity index (χ3v) is 8.23. The largest absolute Gasteiger partial charge is 0.445 e. The summed E-state index contributed by atoms with van der Waals surface area (Å²) in [6.07, 6.45) is 5.14. The van der Waals surface area contributed by atoms with Crippen LogP contribution < -0.4 is 0 Å². The fraction of sp³-hybridized carbons (Fsp3) is 0.407. The molecule has 10 heteroatoms. The number of hydrogen-bond donors (Lipinski definition) is 0. The SMILES string of the molecule is CN(C(=O)OCc1cc(Cl)cc(Cl)c1)C1CCc2ccc(C3=CCN(C(=O)CCS(C)(=O)=O)CC3)cc21. The normalized spacial score (nSPS) is 17.2. The summed E-state index contributed by atoms with van der Waals surface area (Å²) < 4.78 is 28.3. The molecule has 2 aromatic carbocycles. The van der Waals surface area contributed by atoms with Gasteiger partial charge in [0.2, 0.25) is 5.91 Å². The van der Waals surface area contributed by atoms with Crippen molar-refractivity contribution >= 4 is 50.6 Å². The number of halogens is 2. The van der Waals surface area contributed by atoms with E-state index in [1.54, 1.807) is 35.0 Å². The Kier molecular flexibility index (Phi) is 8.51. The van der Waals surface area contributed by atoms with Crippen LogP contribution in [0, 0.1) is 0 Å². The Bertz CT molecular complexity index is 1320. The van der Waals surface area contributed by atoms with Crippen molar-refractivity contribution in [3.8, 4) is 0 Å². The first-order chi connectivity index (χ1) is 17.5. The summed E-state index contributed by atoms with van der Waals surface area (Å²) in [6, 6.07) is 11.3. The van der Waals surface area contributed by atoms with Gasteiger partial charge < -0.3 is 14.5 Å². The van der Waals surface area contributed by atoms with E-state index in [1.807, 2.05) is 6.08 Å². The Morgan fingerprint density at radius 2 is 1.84 bits per heavy atom. The van der Waals surface area contributed by atoms with Gasteiger partial charge in [0.05, 0.1) is 11.8 Å². The average molecular weight is 566 g/mol. The zero-order valence-corrected chi connectivity index (χ0v) is 23.2. The van der Waals surface area contributed by atoms with Crippen molar-refractivity contribution in [2.24, 2.45) is 0 Å². The van der Waals surface area contributed by atoms with E-state index in [0.29, 0.717) is 29.6 Å². The Morgan fingerprint density at radius 1 is 1.11 bits per heavy atom. The highest BCUT2D eigenvalue weighted by molar-refractivity contribution is 7.90. The lowest BCUT2D eigenvalue weighted by Crippen LogP contribution is -2.35. The van der Waals surface area contributed by atoms with Crippen molar-refractivity contribution in [1.82, 2.24) is 9.80 Å². The minimum absolute atomic E-state index is 0.00924. The van der Waals surface area contributed by atoms with E-state index in [9.17, 15) is 18.0 Å². The molecular weight excluding hydrogens is 535 g/mol. The van der Waals surface area contributed by atoms with Gasteiger partial charge in [-0.1, -0.05) is 41.4 Å². The molecule has 1 aliphatic heterocycles. The number of rotatable bonds is 7. The molecule has 1 unspecified atom stereocenters. The van der Waals surface area contributed by atoms with Crippen LogP contribution >= 0.6 is 23.2 Å². The van der Waals surface area contributed by atoms with Crippen LogP contribution in [-0.4, -0.2) is 62.4 Å². The van der Waals surface area contributed by atoms with Gasteiger partial charge in [-0.3, -0.25) is 4.79 Å². The molecule has 1 atom stereocenters. The molecule has 0 bridgehead atoms. The molecule has 7 nitrogen and oxygen atoms in total. The van der Waals surface area contributed by atoms with Crippen molar-refractivity contribution in [2.45, 2.75) is 38.3 Å². The second-order valence-electron chi connectivity index (χ2n) is 9.61. The zero-order chi connectivity index (χ0) is 26.7. The number of hydrogen-bond acceptors (Lipinski definition) is 5. The molecule has 1 heterocycles. The maximum Gasteiger partial charge on any atom is 0.410 e. The third-order valence-electron chi connectivity index (χ3n) is 6.85. The van der Waals surface area contributed by atoms with Crippen LogP contribution in [0.15, 0.2) is 42.5 Å². The van der Waals surface area contributed by atoms with Gasteiger partial charge in [-0.25, -0.2) is 13.2 Å². The van der Waals surface area contributed by atoms with Crippen LogP contribution in [0.25, 0.3) is 5.57 Å². The summed E-state index contributed by atoms with van der Waals surface area (Å²) in [4.78, 5) is 28.5. The van der Waals surface area contributed by atoms with E-state index in [4.69, 9.17) is 27.9 Å². The monoisotopic (exact) mass is 564 g/mol. The molecule has 2 aromatic rings. The van der Waals surface area contributed by atoms with E-state index in [2.05, 4.69) is 18.2 Å². The first-order valence-corrected chi connectivity index (χ1v) is 14.9. The molecule has 0 saturated heterocycles. The zero-order valence-electron chi connectivity index (χ0n) is 20.9. The molecule has 198 valence electrons. The van der Waals surface area contributed by atoms with E-state index < -0.39 is 15.9 Å². The molecule has 2 amide bonds. The Labute approximate surface area is 227 Å². The molecular formula is C27H30Cl2N2O5S. The van der Waals surface area contributed by atoms with Crippen molar-refractivity contribution in [3.05, 3.63) is 74.8 Å². The number of aryl methyl sites for hydroxylation is 1. The molecule has 0 spiro atoms. The molecule has 0 radical (unpaired) electrons. The van der Waals surface area contributed by atoms with Gasteiger partial charge in [0.15, 0.2) is 0 Å². The first-order valence-electron chi connectivity index (χ1n) is 12.1. The molecule has 1 aliphatic carbocycles. The fourth-order valence-electron chi connectivity index (χ4n) is 4.84. The van der Waals surface area contributed by atoms with Crippen LogP contribution in [0.2, 0.25) is 10.0 Å². The number of ether oxygens (including phenoxy) is 1. The number of amides is 2. The summed E-state index contributed by atoms with van der Waals surface area (Å²) in [5.41, 5.74) is 5.26. The highest BCUT2D eigenvalue weighted by Gasteiger charge is 2.30. The summed E-state index contributed by atoms with van der Waals surface area (Å²) >= 11 is 12.1. The smallest absolute Gasteiger partial charge is 0.410 e. The number of sulfone groups is 1. The second kappa shape index (κ2) is 11.5. The van der Waals surface area contributed by atoms with E-state index in [-0.39, 0.29) is 30.7 Å². The molecule has 4 rings (SSSR count). The number of fused-ring (bicyclic) bond motifs is 1. The van der Waals surface area contributed by atoms with E-state index in [1.165, 1.54) is 5.56 Å². The fourth-order valence-corrected chi connectivity index (χ4v) is 5.96. The van der Waals surface area contributed by atoms with Gasteiger partial charge in [-0.05, 0) is 71.4 Å². The van der Waals surface area contributed by atoms with Crippen LogP contribution in [0.4, 0.5) is 4.79 Å². The topological polar surface area (TPSA) is 84.0 Å². The predicted molar refractivity (Wildman–Crippen MR) is 145 cm³/mol. The first kappa shape index (κ1) is 27.5. The molecule has 0 N–H and O–H groups in total.